The molecule has 1 N–H and O–H groups in total. The number of anilines is 2. The van der Waals surface area contributed by atoms with Crippen molar-refractivity contribution in [2.24, 2.45) is 5.41 Å². The van der Waals surface area contributed by atoms with E-state index >= 15 is 0 Å². The molecule has 0 spiro atoms. The summed E-state index contributed by atoms with van der Waals surface area (Å²) in [5, 5.41) is 13.9. The van der Waals surface area contributed by atoms with Gasteiger partial charge in [-0.05, 0) is 18.3 Å². The third kappa shape index (κ3) is 2.91. The fourth-order valence-corrected chi connectivity index (χ4v) is 2.45. The molecule has 1 aromatic heterocycles. The highest BCUT2D eigenvalue weighted by molar-refractivity contribution is 5.59. The Labute approximate surface area is 112 Å². The van der Waals surface area contributed by atoms with Crippen LogP contribution in [0.1, 0.15) is 26.7 Å². The third-order valence-corrected chi connectivity index (χ3v) is 3.37. The van der Waals surface area contributed by atoms with Crippen LogP contribution in [0.2, 0.25) is 0 Å². The summed E-state index contributed by atoms with van der Waals surface area (Å²) >= 11 is 0. The molecule has 0 amide bonds. The lowest BCUT2D eigenvalue weighted by atomic mass is 9.84. The molecule has 1 aromatic rings. The highest BCUT2D eigenvalue weighted by Gasteiger charge is 2.31. The lowest BCUT2D eigenvalue weighted by Crippen LogP contribution is -2.40. The summed E-state index contributed by atoms with van der Waals surface area (Å²) in [6.07, 6.45) is 3.42. The maximum Gasteiger partial charge on any atom is 0.329 e. The van der Waals surface area contributed by atoms with Gasteiger partial charge in [-0.1, -0.05) is 13.8 Å². The van der Waals surface area contributed by atoms with Gasteiger partial charge in [-0.2, -0.15) is 4.98 Å². The fourth-order valence-electron chi connectivity index (χ4n) is 2.45. The van der Waals surface area contributed by atoms with Gasteiger partial charge in [-0.15, -0.1) is 0 Å². The van der Waals surface area contributed by atoms with Crippen molar-refractivity contribution in [3.05, 3.63) is 16.3 Å². The number of hydrogen-bond acceptors (Lipinski definition) is 6. The number of nitrogens with one attached hydrogen (secondary N) is 1. The molecule has 0 atom stereocenters. The van der Waals surface area contributed by atoms with Crippen LogP contribution in [0, 0.1) is 15.5 Å². The molecule has 1 fully saturated rings. The molecular weight excluding hydrogens is 246 g/mol. The van der Waals surface area contributed by atoms with Crippen molar-refractivity contribution in [3.8, 4) is 0 Å². The minimum atomic E-state index is -0.420. The van der Waals surface area contributed by atoms with E-state index in [1.165, 1.54) is 6.20 Å². The van der Waals surface area contributed by atoms with Crippen molar-refractivity contribution < 1.29 is 4.92 Å². The van der Waals surface area contributed by atoms with Crippen LogP contribution in [0.25, 0.3) is 0 Å². The van der Waals surface area contributed by atoms with E-state index in [1.807, 2.05) is 4.90 Å². The Kier molecular flexibility index (Phi) is 3.55. The molecule has 2 rings (SSSR count). The maximum atomic E-state index is 11.1. The highest BCUT2D eigenvalue weighted by atomic mass is 16.6. The Morgan fingerprint density at radius 1 is 1.53 bits per heavy atom. The zero-order chi connectivity index (χ0) is 14.0. The first-order valence-electron chi connectivity index (χ1n) is 6.37. The van der Waals surface area contributed by atoms with E-state index in [2.05, 4.69) is 29.1 Å². The number of hydrogen-bond donors (Lipinski definition) is 1. The highest BCUT2D eigenvalue weighted by Crippen LogP contribution is 2.34. The first-order chi connectivity index (χ1) is 8.93. The molecule has 19 heavy (non-hydrogen) atoms. The van der Waals surface area contributed by atoms with Gasteiger partial charge in [0.05, 0.1) is 4.92 Å². The normalized spacial score (nSPS) is 18.2. The molecule has 1 aliphatic rings. The number of nitro groups is 1. The average molecular weight is 265 g/mol. The third-order valence-electron chi connectivity index (χ3n) is 3.37. The van der Waals surface area contributed by atoms with Crippen LogP contribution in [0.3, 0.4) is 0 Å². The number of nitrogens with zero attached hydrogens (tertiary/aromatic N) is 4. The lowest BCUT2D eigenvalue weighted by molar-refractivity contribution is -0.384. The SMILES string of the molecule is CNc1ncc([N+](=O)[O-])c(N2CCCC(C)(C)C2)n1. The topological polar surface area (TPSA) is 84.2 Å². The first-order valence-corrected chi connectivity index (χ1v) is 6.37. The number of piperidine rings is 1. The van der Waals surface area contributed by atoms with Gasteiger partial charge < -0.3 is 10.2 Å². The Hall–Kier alpha value is -1.92. The molecule has 0 aromatic carbocycles. The van der Waals surface area contributed by atoms with E-state index in [4.69, 9.17) is 0 Å². The second-order valence-electron chi connectivity index (χ2n) is 5.60. The van der Waals surface area contributed by atoms with Gasteiger partial charge in [0.2, 0.25) is 11.8 Å². The summed E-state index contributed by atoms with van der Waals surface area (Å²) in [6, 6.07) is 0. The second-order valence-corrected chi connectivity index (χ2v) is 5.60. The monoisotopic (exact) mass is 265 g/mol. The van der Waals surface area contributed by atoms with Crippen molar-refractivity contribution in [2.45, 2.75) is 26.7 Å². The standard InChI is InChI=1S/C12H19N5O2/c1-12(2)5-4-6-16(8-12)10-9(17(18)19)7-14-11(13-3)15-10/h7H,4-6,8H2,1-3H3,(H,13,14,15). The largest absolute Gasteiger partial charge is 0.357 e. The quantitative estimate of drug-likeness (QED) is 0.665. The predicted octanol–water partition coefficient (Wildman–Crippen LogP) is 2.05. The minimum Gasteiger partial charge on any atom is -0.357 e. The Balaban J connectivity index is 2.38. The lowest BCUT2D eigenvalue weighted by Gasteiger charge is -2.38. The van der Waals surface area contributed by atoms with E-state index in [0.29, 0.717) is 11.8 Å². The summed E-state index contributed by atoms with van der Waals surface area (Å²) in [5.74, 6) is 0.820. The number of rotatable bonds is 3. The zero-order valence-electron chi connectivity index (χ0n) is 11.5. The molecule has 0 bridgehead atoms. The molecule has 7 nitrogen and oxygen atoms in total. The molecule has 104 valence electrons. The fraction of sp³-hybridized carbons (Fsp3) is 0.667. The predicted molar refractivity (Wildman–Crippen MR) is 73.5 cm³/mol. The van der Waals surface area contributed by atoms with Crippen LogP contribution in [0.15, 0.2) is 6.20 Å². The van der Waals surface area contributed by atoms with Gasteiger partial charge in [0.15, 0.2) is 0 Å². The van der Waals surface area contributed by atoms with Gasteiger partial charge in [0.25, 0.3) is 0 Å². The van der Waals surface area contributed by atoms with E-state index < -0.39 is 4.92 Å². The van der Waals surface area contributed by atoms with Crippen LogP contribution >= 0.6 is 0 Å². The van der Waals surface area contributed by atoms with Crippen molar-refractivity contribution in [2.75, 3.05) is 30.4 Å². The molecular formula is C12H19N5O2. The van der Waals surface area contributed by atoms with E-state index in [-0.39, 0.29) is 11.1 Å². The van der Waals surface area contributed by atoms with Crippen LogP contribution in [-0.4, -0.2) is 35.0 Å². The Morgan fingerprint density at radius 2 is 2.26 bits per heavy atom. The molecule has 0 saturated carbocycles. The van der Waals surface area contributed by atoms with E-state index in [9.17, 15) is 10.1 Å². The molecule has 1 saturated heterocycles. The Morgan fingerprint density at radius 3 is 2.84 bits per heavy atom. The average Bonchev–Trinajstić information content (AvgIpc) is 2.36. The summed E-state index contributed by atoms with van der Waals surface area (Å²) in [4.78, 5) is 20.9. The maximum absolute atomic E-state index is 11.1. The first kappa shape index (κ1) is 13.5. The van der Waals surface area contributed by atoms with Gasteiger partial charge >= 0.3 is 5.69 Å². The van der Waals surface area contributed by atoms with Crippen molar-refractivity contribution in [1.29, 1.82) is 0 Å². The van der Waals surface area contributed by atoms with Gasteiger partial charge in [0.1, 0.15) is 6.20 Å². The van der Waals surface area contributed by atoms with E-state index in [0.717, 1.165) is 25.9 Å². The summed E-state index contributed by atoms with van der Waals surface area (Å²) in [5.41, 5.74) is 0.119. The van der Waals surface area contributed by atoms with E-state index in [1.54, 1.807) is 7.05 Å². The van der Waals surface area contributed by atoms with Crippen LogP contribution < -0.4 is 10.2 Å². The van der Waals surface area contributed by atoms with Crippen LogP contribution in [-0.2, 0) is 0 Å². The number of aromatic nitrogens is 2. The van der Waals surface area contributed by atoms with Crippen molar-refractivity contribution in [1.82, 2.24) is 9.97 Å². The van der Waals surface area contributed by atoms with Crippen LogP contribution in [0.5, 0.6) is 0 Å². The summed E-state index contributed by atoms with van der Waals surface area (Å²) in [6.45, 7) is 5.91. The molecule has 0 unspecified atom stereocenters. The smallest absolute Gasteiger partial charge is 0.329 e. The molecule has 7 heteroatoms. The second kappa shape index (κ2) is 4.99. The van der Waals surface area contributed by atoms with Crippen LogP contribution in [0.4, 0.5) is 17.5 Å². The van der Waals surface area contributed by atoms with Gasteiger partial charge in [-0.3, -0.25) is 10.1 Å². The van der Waals surface area contributed by atoms with Gasteiger partial charge in [-0.25, -0.2) is 4.98 Å². The zero-order valence-corrected chi connectivity index (χ0v) is 11.5. The van der Waals surface area contributed by atoms with Crippen molar-refractivity contribution in [3.63, 3.8) is 0 Å². The molecule has 0 radical (unpaired) electrons. The Bertz CT molecular complexity index is 489. The molecule has 0 aliphatic carbocycles. The minimum absolute atomic E-state index is 0.0308. The van der Waals surface area contributed by atoms with Crippen molar-refractivity contribution >= 4 is 17.5 Å². The molecule has 1 aliphatic heterocycles. The van der Waals surface area contributed by atoms with Gasteiger partial charge in [0, 0.05) is 20.1 Å². The summed E-state index contributed by atoms with van der Waals surface area (Å²) in [7, 11) is 1.70. The molecule has 2 heterocycles. The summed E-state index contributed by atoms with van der Waals surface area (Å²) < 4.78 is 0.